The number of hydrogen-bond donors (Lipinski definition) is 12. The number of ether oxygens (including phenoxy) is 6. The van der Waals surface area contributed by atoms with Crippen LogP contribution in [0.4, 0.5) is 0 Å². The second kappa shape index (κ2) is 67.9. The molecule has 17 atom stereocenters. The van der Waals surface area contributed by atoms with Gasteiger partial charge in [-0.3, -0.25) is 4.79 Å². The Morgan fingerprint density at radius 1 is 0.346 bits per heavy atom. The van der Waals surface area contributed by atoms with Crippen molar-refractivity contribution in [2.75, 3.05) is 26.4 Å². The van der Waals surface area contributed by atoms with Crippen LogP contribution in [0.5, 0.6) is 0 Å². The molecule has 3 aliphatic rings. The lowest BCUT2D eigenvalue weighted by atomic mass is 9.96. The summed E-state index contributed by atoms with van der Waals surface area (Å²) in [5.41, 5.74) is 0. The van der Waals surface area contributed by atoms with Gasteiger partial charge in [0.1, 0.15) is 73.2 Å². The average Bonchev–Trinajstić information content (AvgIpc) is 0.781. The Morgan fingerprint density at radius 2 is 0.645 bits per heavy atom. The summed E-state index contributed by atoms with van der Waals surface area (Å²) in [6, 6.07) is -0.974. The van der Waals surface area contributed by atoms with E-state index in [0.29, 0.717) is 6.42 Å². The minimum Gasteiger partial charge on any atom is -0.394 e. The molecule has 0 aromatic carbocycles. The van der Waals surface area contributed by atoms with E-state index in [-0.39, 0.29) is 18.9 Å². The summed E-state index contributed by atoms with van der Waals surface area (Å²) in [5.74, 6) is -0.268. The smallest absolute Gasteiger partial charge is 0.220 e. The zero-order chi connectivity index (χ0) is 77.4. The maximum Gasteiger partial charge on any atom is 0.220 e. The molecule has 626 valence electrons. The van der Waals surface area contributed by atoms with Crippen LogP contribution in [0.2, 0.25) is 0 Å². The molecule has 0 aliphatic carbocycles. The summed E-state index contributed by atoms with van der Waals surface area (Å²) < 4.78 is 34.5. The number of carbonyl (C=O) groups excluding carboxylic acids is 1. The predicted molar refractivity (Wildman–Crippen MR) is 429 cm³/mol. The fourth-order valence-electron chi connectivity index (χ4n) is 14.8. The van der Waals surface area contributed by atoms with Gasteiger partial charge in [0.2, 0.25) is 5.91 Å². The van der Waals surface area contributed by atoms with Crippen molar-refractivity contribution in [2.24, 2.45) is 0 Å². The van der Waals surface area contributed by atoms with Gasteiger partial charge in [0, 0.05) is 6.42 Å². The Labute approximate surface area is 649 Å². The number of unbranched alkanes of at least 4 members (excludes halogenated alkanes) is 47. The molecule has 3 rings (SSSR count). The Morgan fingerprint density at radius 3 is 1.01 bits per heavy atom. The van der Waals surface area contributed by atoms with Crippen molar-refractivity contribution in [3.05, 3.63) is 60.8 Å². The molecule has 3 heterocycles. The van der Waals surface area contributed by atoms with Gasteiger partial charge in [-0.25, -0.2) is 0 Å². The van der Waals surface area contributed by atoms with Gasteiger partial charge >= 0.3 is 0 Å². The number of allylic oxidation sites excluding steroid dienone is 9. The molecule has 3 saturated heterocycles. The topological polar surface area (TPSA) is 307 Å². The van der Waals surface area contributed by atoms with Gasteiger partial charge in [0.15, 0.2) is 18.9 Å². The van der Waals surface area contributed by atoms with E-state index in [1.165, 1.54) is 263 Å². The van der Waals surface area contributed by atoms with Gasteiger partial charge in [-0.05, 0) is 57.8 Å². The second-order valence-corrected chi connectivity index (χ2v) is 31.3. The van der Waals surface area contributed by atoms with Gasteiger partial charge < -0.3 is 89.9 Å². The van der Waals surface area contributed by atoms with Crippen molar-refractivity contribution in [2.45, 2.75) is 465 Å². The molecular weight excluding hydrogens is 1360 g/mol. The third-order valence-electron chi connectivity index (χ3n) is 21.8. The molecule has 17 unspecified atom stereocenters. The highest BCUT2D eigenvalue weighted by Gasteiger charge is 2.54. The van der Waals surface area contributed by atoms with E-state index in [0.717, 1.165) is 70.6 Å². The van der Waals surface area contributed by atoms with E-state index >= 15 is 0 Å². The number of amides is 1. The van der Waals surface area contributed by atoms with E-state index in [9.17, 15) is 61.0 Å². The summed E-state index contributed by atoms with van der Waals surface area (Å²) in [5, 5.41) is 121. The summed E-state index contributed by atoms with van der Waals surface area (Å²) in [6.07, 6.45) is 62.3. The summed E-state index contributed by atoms with van der Waals surface area (Å²) in [7, 11) is 0. The minimum atomic E-state index is -1.98. The lowest BCUT2D eigenvalue weighted by Crippen LogP contribution is -2.66. The molecule has 0 saturated carbocycles. The standard InChI is InChI=1S/C88H161NO18/c1-3-5-7-9-11-13-15-17-19-21-23-25-27-29-30-31-32-33-34-35-36-37-38-39-40-42-44-46-48-50-52-54-56-58-60-62-64-66-76(94)89-71(72(93)65-63-61-59-57-55-53-51-49-47-45-43-41-28-26-24-22-20-18-16-14-12-10-8-6-4-2)70-102-86-82(100)79(97)84(74(68-91)104-86)107-88-83(101)80(98)85(75(69-92)105-88)106-87-81(99)78(96)77(95)73(67-90)103-87/h5,7,11,13,17,19,23,25,63,65,71-75,77-88,90-93,95-101H,3-4,6,8-10,12,14-16,18,20-22,24,26-62,64,66-70H2,1-2H3,(H,89,94)/b7-5-,13-11-,19-17-,25-23-,65-63+. The van der Waals surface area contributed by atoms with Crippen LogP contribution in [0.15, 0.2) is 60.8 Å². The maximum atomic E-state index is 13.5. The molecule has 1 amide bonds. The van der Waals surface area contributed by atoms with Gasteiger partial charge in [-0.1, -0.05) is 357 Å². The fraction of sp³-hybridized carbons (Fsp3) is 0.875. The van der Waals surface area contributed by atoms with E-state index in [2.05, 4.69) is 67.8 Å². The third kappa shape index (κ3) is 47.1. The van der Waals surface area contributed by atoms with E-state index in [1.807, 2.05) is 6.08 Å². The maximum absolute atomic E-state index is 13.5. The van der Waals surface area contributed by atoms with Crippen LogP contribution in [0.3, 0.4) is 0 Å². The summed E-state index contributed by atoms with van der Waals surface area (Å²) in [6.45, 7) is 1.68. The molecule has 12 N–H and O–H groups in total. The molecule has 19 nitrogen and oxygen atoms in total. The Kier molecular flexibility index (Phi) is 62.7. The van der Waals surface area contributed by atoms with Crippen molar-refractivity contribution in [1.29, 1.82) is 0 Å². The lowest BCUT2D eigenvalue weighted by Gasteiger charge is -2.48. The minimum absolute atomic E-state index is 0.246. The molecule has 0 spiro atoms. The first-order valence-corrected chi connectivity index (χ1v) is 44.0. The van der Waals surface area contributed by atoms with Gasteiger partial charge in [-0.2, -0.15) is 0 Å². The summed E-state index contributed by atoms with van der Waals surface area (Å²) >= 11 is 0. The molecule has 19 heteroatoms. The van der Waals surface area contributed by atoms with E-state index in [4.69, 9.17) is 28.4 Å². The first kappa shape index (κ1) is 98.7. The van der Waals surface area contributed by atoms with Gasteiger partial charge in [-0.15, -0.1) is 0 Å². The van der Waals surface area contributed by atoms with Crippen molar-refractivity contribution in [3.63, 3.8) is 0 Å². The second-order valence-electron chi connectivity index (χ2n) is 31.3. The number of rotatable bonds is 71. The number of nitrogens with one attached hydrogen (secondary N) is 1. The zero-order valence-electron chi connectivity index (χ0n) is 67.4. The molecule has 107 heavy (non-hydrogen) atoms. The van der Waals surface area contributed by atoms with E-state index in [1.54, 1.807) is 6.08 Å². The average molecular weight is 1520 g/mol. The molecule has 0 aromatic heterocycles. The molecular formula is C88H161NO18. The van der Waals surface area contributed by atoms with Gasteiger partial charge in [0.25, 0.3) is 0 Å². The Balaban J connectivity index is 1.32. The fourth-order valence-corrected chi connectivity index (χ4v) is 14.8. The first-order chi connectivity index (χ1) is 52.3. The highest BCUT2D eigenvalue weighted by atomic mass is 16.8. The van der Waals surface area contributed by atoms with Crippen molar-refractivity contribution in [3.8, 4) is 0 Å². The van der Waals surface area contributed by atoms with Crippen molar-refractivity contribution in [1.82, 2.24) is 5.32 Å². The van der Waals surface area contributed by atoms with E-state index < -0.39 is 124 Å². The lowest BCUT2D eigenvalue weighted by molar-refractivity contribution is -0.379. The Bertz CT molecular complexity index is 2160. The number of carbonyl (C=O) groups is 1. The molecule has 3 fully saturated rings. The van der Waals surface area contributed by atoms with Gasteiger partial charge in [0.05, 0.1) is 38.6 Å². The number of aliphatic hydroxyl groups excluding tert-OH is 11. The predicted octanol–water partition coefficient (Wildman–Crippen LogP) is 16.2. The molecule has 3 aliphatic heterocycles. The highest BCUT2D eigenvalue weighted by Crippen LogP contribution is 2.33. The van der Waals surface area contributed by atoms with Crippen molar-refractivity contribution >= 4 is 5.91 Å². The molecule has 0 radical (unpaired) electrons. The van der Waals surface area contributed by atoms with Crippen LogP contribution in [0.1, 0.15) is 361 Å². The Hall–Kier alpha value is -2.51. The largest absolute Gasteiger partial charge is 0.394 e. The molecule has 0 aromatic rings. The summed E-state index contributed by atoms with van der Waals surface area (Å²) in [4.78, 5) is 13.5. The van der Waals surface area contributed by atoms with Crippen LogP contribution in [-0.2, 0) is 33.2 Å². The van der Waals surface area contributed by atoms with Crippen LogP contribution in [-0.4, -0.2) is 193 Å². The van der Waals surface area contributed by atoms with Crippen LogP contribution in [0.25, 0.3) is 0 Å². The SMILES string of the molecule is CC/C=C\C/C=C\C/C=C\C/C=C\CCCCCCCCCCCCCCCCCCCCCCCCCCC(=O)NC(COC1OC(CO)C(OC2OC(CO)C(OC3OC(CO)C(O)C(O)C3O)C(O)C2O)C(O)C1O)C(O)/C=C/CCCCCCCCCCCCCCCCCCCCCCCCC. The first-order valence-electron chi connectivity index (χ1n) is 44.0. The van der Waals surface area contributed by atoms with Crippen molar-refractivity contribution < 1.29 is 89.4 Å². The van der Waals surface area contributed by atoms with Crippen LogP contribution in [0, 0.1) is 0 Å². The normalized spacial score (nSPS) is 25.8. The quantitative estimate of drug-likeness (QED) is 0.0199. The monoisotopic (exact) mass is 1520 g/mol. The third-order valence-corrected chi connectivity index (χ3v) is 21.8. The zero-order valence-corrected chi connectivity index (χ0v) is 67.4. The van der Waals surface area contributed by atoms with Crippen LogP contribution < -0.4 is 5.32 Å². The number of aliphatic hydroxyl groups is 11. The number of hydrogen-bond acceptors (Lipinski definition) is 18. The van der Waals surface area contributed by atoms with Crippen LogP contribution >= 0.6 is 0 Å². The highest BCUT2D eigenvalue weighted by molar-refractivity contribution is 5.76. The molecule has 0 bridgehead atoms.